The summed E-state index contributed by atoms with van der Waals surface area (Å²) >= 11 is 1.71. The lowest BCUT2D eigenvalue weighted by Crippen LogP contribution is -2.26. The van der Waals surface area contributed by atoms with Crippen LogP contribution in [0.15, 0.2) is 22.4 Å². The number of thioether (sulfide) groups is 1. The number of benzene rings is 1. The maximum atomic E-state index is 4.85. The highest BCUT2D eigenvalue weighted by Crippen LogP contribution is 2.34. The van der Waals surface area contributed by atoms with Crippen molar-refractivity contribution in [3.8, 4) is 11.4 Å². The fourth-order valence-electron chi connectivity index (χ4n) is 2.78. The predicted octanol–water partition coefficient (Wildman–Crippen LogP) is 4.23. The van der Waals surface area contributed by atoms with Crippen molar-refractivity contribution < 1.29 is 0 Å². The second-order valence-electron chi connectivity index (χ2n) is 6.98. The summed E-state index contributed by atoms with van der Waals surface area (Å²) in [6.07, 6.45) is 0. The van der Waals surface area contributed by atoms with E-state index in [1.807, 2.05) is 4.68 Å². The van der Waals surface area contributed by atoms with Crippen molar-refractivity contribution >= 4 is 17.5 Å². The molecule has 1 aliphatic rings. The van der Waals surface area contributed by atoms with Crippen molar-refractivity contribution in [2.45, 2.75) is 46.7 Å². The zero-order valence-corrected chi connectivity index (χ0v) is 14.9. The van der Waals surface area contributed by atoms with Crippen LogP contribution in [0.2, 0.25) is 0 Å². The van der Waals surface area contributed by atoms with Gasteiger partial charge in [0.2, 0.25) is 5.16 Å². The molecule has 0 N–H and O–H groups in total. The van der Waals surface area contributed by atoms with Gasteiger partial charge < -0.3 is 0 Å². The van der Waals surface area contributed by atoms with Crippen LogP contribution >= 0.6 is 11.8 Å². The molecule has 2 heterocycles. The van der Waals surface area contributed by atoms with Gasteiger partial charge in [-0.2, -0.15) is 9.78 Å². The van der Waals surface area contributed by atoms with E-state index in [2.05, 4.69) is 63.9 Å². The summed E-state index contributed by atoms with van der Waals surface area (Å²) < 4.78 is 1.92. The maximum absolute atomic E-state index is 4.85. The largest absolute Gasteiger partial charge is 0.212 e. The van der Waals surface area contributed by atoms with E-state index in [1.165, 1.54) is 22.4 Å². The lowest BCUT2D eigenvalue weighted by molar-refractivity contribution is 0.574. The highest BCUT2D eigenvalue weighted by Gasteiger charge is 2.27. The van der Waals surface area contributed by atoms with E-state index in [0.29, 0.717) is 0 Å². The molecule has 5 heteroatoms. The third-order valence-electron chi connectivity index (χ3n) is 3.94. The Bertz CT molecular complexity index is 742. The quantitative estimate of drug-likeness (QED) is 0.791. The molecule has 1 aromatic heterocycles. The topological polar surface area (TPSA) is 43.1 Å². The summed E-state index contributed by atoms with van der Waals surface area (Å²) in [5, 5.41) is 14.5. The number of hydrogen-bond donors (Lipinski definition) is 0. The minimum Gasteiger partial charge on any atom is -0.187 e. The monoisotopic (exact) mass is 314 g/mol. The first kappa shape index (κ1) is 15.3. The standard InChI is InChI=1S/C17H22N4S/c1-10-7-11(2)14(12(3)8-10)15-18-19-16-21(15)20-13(9-22-16)17(4,5)6/h7-8H,9H2,1-6H3. The van der Waals surface area contributed by atoms with Crippen molar-refractivity contribution in [3.05, 3.63) is 28.8 Å². The van der Waals surface area contributed by atoms with Crippen molar-refractivity contribution in [1.82, 2.24) is 14.9 Å². The molecule has 22 heavy (non-hydrogen) atoms. The molecule has 0 saturated carbocycles. The molecular formula is C17H22N4S. The van der Waals surface area contributed by atoms with Gasteiger partial charge in [-0.1, -0.05) is 50.2 Å². The van der Waals surface area contributed by atoms with Gasteiger partial charge in [-0.05, 0) is 31.9 Å². The van der Waals surface area contributed by atoms with Crippen LogP contribution in [0.5, 0.6) is 0 Å². The average Bonchev–Trinajstić information content (AvgIpc) is 2.80. The summed E-state index contributed by atoms with van der Waals surface area (Å²) in [7, 11) is 0. The summed E-state index contributed by atoms with van der Waals surface area (Å²) in [5.41, 5.74) is 6.08. The van der Waals surface area contributed by atoms with E-state index in [9.17, 15) is 0 Å². The Morgan fingerprint density at radius 2 is 1.68 bits per heavy atom. The van der Waals surface area contributed by atoms with Gasteiger partial charge in [-0.25, -0.2) is 0 Å². The fourth-order valence-corrected chi connectivity index (χ4v) is 3.89. The van der Waals surface area contributed by atoms with Crippen molar-refractivity contribution in [2.75, 3.05) is 5.75 Å². The normalized spacial score (nSPS) is 14.7. The molecular weight excluding hydrogens is 292 g/mol. The SMILES string of the molecule is Cc1cc(C)c(-c2nnc3n2N=C(C(C)(C)C)CS3)c(C)c1. The van der Waals surface area contributed by atoms with Crippen molar-refractivity contribution in [3.63, 3.8) is 0 Å². The molecule has 2 aromatic rings. The molecule has 4 nitrogen and oxygen atoms in total. The number of nitrogens with zero attached hydrogens (tertiary/aromatic N) is 4. The van der Waals surface area contributed by atoms with E-state index >= 15 is 0 Å². The molecule has 0 aliphatic carbocycles. The number of fused-ring (bicyclic) bond motifs is 1. The van der Waals surface area contributed by atoms with Gasteiger partial charge in [0.1, 0.15) is 0 Å². The molecule has 0 radical (unpaired) electrons. The molecule has 1 aromatic carbocycles. The Kier molecular flexibility index (Phi) is 3.63. The molecule has 0 unspecified atom stereocenters. The van der Waals surface area contributed by atoms with Crippen LogP contribution < -0.4 is 0 Å². The lowest BCUT2D eigenvalue weighted by Gasteiger charge is -2.24. The van der Waals surface area contributed by atoms with Gasteiger partial charge >= 0.3 is 0 Å². The summed E-state index contributed by atoms with van der Waals surface area (Å²) in [6, 6.07) is 4.38. The molecule has 0 amide bonds. The van der Waals surface area contributed by atoms with E-state index in [0.717, 1.165) is 22.3 Å². The highest BCUT2D eigenvalue weighted by molar-refractivity contribution is 7.99. The molecule has 116 valence electrons. The minimum atomic E-state index is 0.0591. The summed E-state index contributed by atoms with van der Waals surface area (Å²) in [6.45, 7) is 13.0. The second kappa shape index (κ2) is 5.23. The van der Waals surface area contributed by atoms with Crippen LogP contribution in [0.4, 0.5) is 0 Å². The third-order valence-corrected chi connectivity index (χ3v) is 4.87. The number of rotatable bonds is 1. The smallest absolute Gasteiger partial charge is 0.187 e. The van der Waals surface area contributed by atoms with E-state index < -0.39 is 0 Å². The van der Waals surface area contributed by atoms with Crippen LogP contribution in [0.25, 0.3) is 11.4 Å². The molecule has 0 spiro atoms. The Morgan fingerprint density at radius 1 is 1.05 bits per heavy atom. The Labute approximate surface area is 136 Å². The first-order valence-electron chi connectivity index (χ1n) is 7.52. The van der Waals surface area contributed by atoms with Gasteiger partial charge in [0.25, 0.3) is 0 Å². The van der Waals surface area contributed by atoms with E-state index in [1.54, 1.807) is 11.8 Å². The van der Waals surface area contributed by atoms with E-state index in [4.69, 9.17) is 5.10 Å². The molecule has 3 rings (SSSR count). The molecule has 0 fully saturated rings. The van der Waals surface area contributed by atoms with E-state index in [-0.39, 0.29) is 5.41 Å². The molecule has 0 atom stereocenters. The second-order valence-corrected chi connectivity index (χ2v) is 7.92. The lowest BCUT2D eigenvalue weighted by atomic mass is 9.91. The Hall–Kier alpha value is -1.62. The van der Waals surface area contributed by atoms with Crippen LogP contribution in [0, 0.1) is 26.2 Å². The number of hydrogen-bond acceptors (Lipinski definition) is 4. The summed E-state index contributed by atoms with van der Waals surface area (Å²) in [5.74, 6) is 1.73. The van der Waals surface area contributed by atoms with Crippen LogP contribution in [-0.4, -0.2) is 26.3 Å². The Morgan fingerprint density at radius 3 is 2.27 bits per heavy atom. The minimum absolute atomic E-state index is 0.0591. The number of aromatic nitrogens is 3. The van der Waals surface area contributed by atoms with Crippen LogP contribution in [-0.2, 0) is 0 Å². The third kappa shape index (κ3) is 2.58. The van der Waals surface area contributed by atoms with Crippen molar-refractivity contribution in [1.29, 1.82) is 0 Å². The van der Waals surface area contributed by atoms with Crippen LogP contribution in [0.1, 0.15) is 37.5 Å². The predicted molar refractivity (Wildman–Crippen MR) is 92.7 cm³/mol. The zero-order chi connectivity index (χ0) is 16.1. The van der Waals surface area contributed by atoms with Gasteiger partial charge in [-0.3, -0.25) is 0 Å². The number of aryl methyl sites for hydroxylation is 3. The van der Waals surface area contributed by atoms with Gasteiger partial charge in [-0.15, -0.1) is 10.2 Å². The Balaban J connectivity index is 2.18. The van der Waals surface area contributed by atoms with Crippen molar-refractivity contribution in [2.24, 2.45) is 10.5 Å². The first-order chi connectivity index (χ1) is 10.3. The average molecular weight is 314 g/mol. The van der Waals surface area contributed by atoms with Gasteiger partial charge in [0.05, 0.1) is 5.71 Å². The summed E-state index contributed by atoms with van der Waals surface area (Å²) in [4.78, 5) is 0. The first-order valence-corrected chi connectivity index (χ1v) is 8.50. The maximum Gasteiger partial charge on any atom is 0.212 e. The highest BCUT2D eigenvalue weighted by atomic mass is 32.2. The fraction of sp³-hybridized carbons (Fsp3) is 0.471. The molecule has 1 aliphatic heterocycles. The molecule has 0 saturated heterocycles. The van der Waals surface area contributed by atoms with Crippen LogP contribution in [0.3, 0.4) is 0 Å². The van der Waals surface area contributed by atoms with Gasteiger partial charge in [0, 0.05) is 16.7 Å². The van der Waals surface area contributed by atoms with Gasteiger partial charge in [0.15, 0.2) is 5.82 Å². The molecule has 0 bridgehead atoms. The zero-order valence-electron chi connectivity index (χ0n) is 14.1.